The average molecular weight is 488 g/mol. The number of fused-ring (bicyclic) bond motifs is 1. The minimum Gasteiger partial charge on any atom is -0.299 e. The second kappa shape index (κ2) is 9.68. The lowest BCUT2D eigenvalue weighted by Gasteiger charge is -2.57. The molecule has 5 rings (SSSR count). The van der Waals surface area contributed by atoms with E-state index >= 15 is 0 Å². The number of allylic oxidation sites excluding steroid dienone is 1. The molecule has 4 aliphatic rings. The van der Waals surface area contributed by atoms with Crippen LogP contribution in [0.1, 0.15) is 59.9 Å². The van der Waals surface area contributed by atoms with Crippen molar-refractivity contribution in [3.63, 3.8) is 0 Å². The van der Waals surface area contributed by atoms with Gasteiger partial charge in [0.2, 0.25) is 10.0 Å². The lowest BCUT2D eigenvalue weighted by Crippen LogP contribution is -2.51. The van der Waals surface area contributed by atoms with Crippen LogP contribution in [0.15, 0.2) is 40.8 Å². The highest BCUT2D eigenvalue weighted by molar-refractivity contribution is 7.89. The van der Waals surface area contributed by atoms with Gasteiger partial charge in [-0.1, -0.05) is 65.3 Å². The first kappa shape index (κ1) is 25.9. The summed E-state index contributed by atoms with van der Waals surface area (Å²) in [6.45, 7) is 20.5. The van der Waals surface area contributed by atoms with Crippen LogP contribution in [0.3, 0.4) is 0 Å². The van der Waals surface area contributed by atoms with Gasteiger partial charge in [-0.2, -0.15) is 4.31 Å². The first-order valence-corrected chi connectivity index (χ1v) is 14.6. The molecule has 1 saturated carbocycles. The predicted molar refractivity (Wildman–Crippen MR) is 141 cm³/mol. The van der Waals surface area contributed by atoms with Gasteiger partial charge in [0.25, 0.3) is 0 Å². The Bertz CT molecular complexity index is 983. The summed E-state index contributed by atoms with van der Waals surface area (Å²) < 4.78 is 28.0. The van der Waals surface area contributed by atoms with Crippen molar-refractivity contribution in [1.29, 1.82) is 0 Å². The summed E-state index contributed by atoms with van der Waals surface area (Å²) in [5.41, 5.74) is 3.31. The van der Waals surface area contributed by atoms with Crippen molar-refractivity contribution >= 4 is 10.0 Å². The zero-order valence-corrected chi connectivity index (χ0v) is 23.0. The van der Waals surface area contributed by atoms with Gasteiger partial charge in [0, 0.05) is 45.8 Å². The molecule has 34 heavy (non-hydrogen) atoms. The van der Waals surface area contributed by atoms with Crippen LogP contribution in [0.25, 0.3) is 0 Å². The molecule has 1 aromatic rings. The number of rotatable bonds is 8. The van der Waals surface area contributed by atoms with Gasteiger partial charge in [0.15, 0.2) is 0 Å². The minimum atomic E-state index is -3.43. The minimum absolute atomic E-state index is 0.0182. The second-order valence-corrected chi connectivity index (χ2v) is 14.1. The Morgan fingerprint density at radius 1 is 1.06 bits per heavy atom. The number of likely N-dealkylation sites (N-methyl/N-ethyl adjacent to an activating group) is 1. The Balaban J connectivity index is 1.27. The van der Waals surface area contributed by atoms with E-state index in [0.29, 0.717) is 23.4 Å². The van der Waals surface area contributed by atoms with E-state index in [1.54, 1.807) is 22.0 Å². The Labute approximate surface area is 208 Å². The summed E-state index contributed by atoms with van der Waals surface area (Å²) in [5, 5.41) is 0. The van der Waals surface area contributed by atoms with Gasteiger partial charge >= 0.3 is 0 Å². The van der Waals surface area contributed by atoms with Crippen LogP contribution in [0.5, 0.6) is 0 Å². The third kappa shape index (κ3) is 5.16. The van der Waals surface area contributed by atoms with E-state index in [-0.39, 0.29) is 5.41 Å². The summed E-state index contributed by atoms with van der Waals surface area (Å²) in [6, 6.07) is 7.45. The molecule has 2 fully saturated rings. The van der Waals surface area contributed by atoms with Gasteiger partial charge in [-0.25, -0.2) is 8.42 Å². The molecule has 1 aromatic carbocycles. The molecule has 1 heterocycles. The summed E-state index contributed by atoms with van der Waals surface area (Å²) in [4.78, 5) is 5.41. The Morgan fingerprint density at radius 3 is 2.24 bits per heavy atom. The van der Waals surface area contributed by atoms with Gasteiger partial charge in [-0.3, -0.25) is 9.80 Å². The summed E-state index contributed by atoms with van der Waals surface area (Å²) in [5.74, 6) is 1.66. The van der Waals surface area contributed by atoms with Crippen molar-refractivity contribution < 1.29 is 8.42 Å². The maximum absolute atomic E-state index is 13.2. The normalized spacial score (nSPS) is 25.8. The first-order chi connectivity index (χ1) is 15.9. The second-order valence-electron chi connectivity index (χ2n) is 12.2. The molecule has 1 aliphatic heterocycles. The molecular formula is C28H45N3O2S. The SMILES string of the molecule is CCN(CCN1CCN(S(=O)(=O)c2ccc(C(C)(C)C)cc2)CC1)CC1=CCC2CC1C2(C)C. The van der Waals surface area contributed by atoms with E-state index in [0.717, 1.165) is 56.7 Å². The zero-order chi connectivity index (χ0) is 24.7. The Morgan fingerprint density at radius 2 is 1.71 bits per heavy atom. The smallest absolute Gasteiger partial charge is 0.243 e. The van der Waals surface area contributed by atoms with E-state index < -0.39 is 10.0 Å². The highest BCUT2D eigenvalue weighted by Crippen LogP contribution is 2.59. The van der Waals surface area contributed by atoms with E-state index in [4.69, 9.17) is 0 Å². The van der Waals surface area contributed by atoms with Crippen molar-refractivity contribution in [2.45, 2.75) is 64.7 Å². The van der Waals surface area contributed by atoms with Gasteiger partial charge in [0.05, 0.1) is 4.90 Å². The summed E-state index contributed by atoms with van der Waals surface area (Å²) in [6.07, 6.45) is 5.15. The van der Waals surface area contributed by atoms with E-state index in [2.05, 4.69) is 57.4 Å². The highest BCUT2D eigenvalue weighted by Gasteiger charge is 2.51. The molecule has 0 aromatic heterocycles. The van der Waals surface area contributed by atoms with Crippen LogP contribution in [0.4, 0.5) is 0 Å². The van der Waals surface area contributed by atoms with Crippen molar-refractivity contribution in [2.75, 3.05) is 52.4 Å². The fourth-order valence-electron chi connectivity index (χ4n) is 6.02. The largest absolute Gasteiger partial charge is 0.299 e. The third-order valence-corrected chi connectivity index (χ3v) is 10.8. The van der Waals surface area contributed by atoms with Crippen LogP contribution in [-0.2, 0) is 15.4 Å². The molecule has 2 bridgehead atoms. The van der Waals surface area contributed by atoms with E-state index in [9.17, 15) is 8.42 Å². The molecule has 0 radical (unpaired) electrons. The molecule has 2 atom stereocenters. The summed E-state index contributed by atoms with van der Waals surface area (Å²) in [7, 11) is -3.43. The van der Waals surface area contributed by atoms with Gasteiger partial charge in [-0.15, -0.1) is 0 Å². The van der Waals surface area contributed by atoms with Crippen LogP contribution < -0.4 is 0 Å². The fourth-order valence-corrected chi connectivity index (χ4v) is 7.44. The zero-order valence-electron chi connectivity index (χ0n) is 22.2. The van der Waals surface area contributed by atoms with Gasteiger partial charge < -0.3 is 0 Å². The molecule has 0 spiro atoms. The Hall–Kier alpha value is -1.21. The predicted octanol–water partition coefficient (Wildman–Crippen LogP) is 4.60. The topological polar surface area (TPSA) is 43.9 Å². The number of benzene rings is 1. The van der Waals surface area contributed by atoms with Crippen LogP contribution >= 0.6 is 0 Å². The molecule has 0 N–H and O–H groups in total. The molecular weight excluding hydrogens is 442 g/mol. The number of nitrogens with zero attached hydrogens (tertiary/aromatic N) is 3. The fraction of sp³-hybridized carbons (Fsp3) is 0.714. The van der Waals surface area contributed by atoms with Gasteiger partial charge in [0.1, 0.15) is 0 Å². The van der Waals surface area contributed by atoms with Gasteiger partial charge in [-0.05, 0) is 59.7 Å². The number of piperazine rings is 1. The lowest BCUT2D eigenvalue weighted by molar-refractivity contribution is -0.0107. The van der Waals surface area contributed by atoms with Crippen molar-refractivity contribution in [1.82, 2.24) is 14.1 Å². The average Bonchev–Trinajstić information content (AvgIpc) is 2.81. The molecule has 190 valence electrons. The highest BCUT2D eigenvalue weighted by atomic mass is 32.2. The van der Waals surface area contributed by atoms with E-state index in [1.165, 1.54) is 12.8 Å². The quantitative estimate of drug-likeness (QED) is 0.503. The maximum atomic E-state index is 13.2. The lowest BCUT2D eigenvalue weighted by atomic mass is 9.49. The van der Waals surface area contributed by atoms with E-state index in [1.807, 2.05) is 12.1 Å². The van der Waals surface area contributed by atoms with Crippen LogP contribution in [0, 0.1) is 17.3 Å². The molecule has 0 amide bonds. The number of hydrogen-bond acceptors (Lipinski definition) is 4. The van der Waals surface area contributed by atoms with Crippen LogP contribution in [0.2, 0.25) is 0 Å². The number of hydrogen-bond donors (Lipinski definition) is 0. The van der Waals surface area contributed by atoms with Crippen LogP contribution in [-0.4, -0.2) is 74.9 Å². The van der Waals surface area contributed by atoms with Crippen molar-refractivity contribution in [3.8, 4) is 0 Å². The third-order valence-electron chi connectivity index (χ3n) is 8.86. The molecule has 6 heteroatoms. The Kier molecular flexibility index (Phi) is 7.37. The van der Waals surface area contributed by atoms with Crippen molar-refractivity contribution in [2.24, 2.45) is 17.3 Å². The molecule has 3 aliphatic carbocycles. The summed E-state index contributed by atoms with van der Waals surface area (Å²) >= 11 is 0. The molecule has 1 saturated heterocycles. The molecule has 5 nitrogen and oxygen atoms in total. The maximum Gasteiger partial charge on any atom is 0.243 e. The number of sulfonamides is 1. The molecule has 2 unspecified atom stereocenters. The first-order valence-electron chi connectivity index (χ1n) is 13.2. The van der Waals surface area contributed by atoms with Crippen molar-refractivity contribution in [3.05, 3.63) is 41.5 Å². The standard InChI is InChI=1S/C28H45N3O2S/c1-7-29(21-22-8-9-24-20-26(22)28(24,5)6)14-15-30-16-18-31(19-17-30)34(32,33)25-12-10-23(11-13-25)27(2,3)4/h8,10-13,24,26H,7,9,14-21H2,1-6H3. The monoisotopic (exact) mass is 487 g/mol.